The summed E-state index contributed by atoms with van der Waals surface area (Å²) in [6.45, 7) is 4.44. The van der Waals surface area contributed by atoms with E-state index in [-0.39, 0.29) is 23.9 Å². The monoisotopic (exact) mass is 332 g/mol. The summed E-state index contributed by atoms with van der Waals surface area (Å²) in [7, 11) is 0. The molecule has 1 aromatic rings. The van der Waals surface area contributed by atoms with Gasteiger partial charge in [0.15, 0.2) is 0 Å². The van der Waals surface area contributed by atoms with Gasteiger partial charge in [-0.2, -0.15) is 5.10 Å². The summed E-state index contributed by atoms with van der Waals surface area (Å²) in [6, 6.07) is -0.0417. The van der Waals surface area contributed by atoms with Crippen LogP contribution in [0.3, 0.4) is 0 Å². The highest BCUT2D eigenvalue weighted by Gasteiger charge is 2.45. The molecule has 6 nitrogen and oxygen atoms in total. The first-order chi connectivity index (χ1) is 11.4. The van der Waals surface area contributed by atoms with Crippen molar-refractivity contribution < 1.29 is 9.59 Å². The smallest absolute Gasteiger partial charge is 0.239 e. The van der Waals surface area contributed by atoms with Crippen molar-refractivity contribution in [3.8, 4) is 0 Å². The number of carbonyl (C=O) groups is 2. The topological polar surface area (TPSA) is 90.0 Å². The molecule has 1 atom stereocenters. The van der Waals surface area contributed by atoms with Gasteiger partial charge in [-0.05, 0) is 50.0 Å². The number of aromatic nitrogens is 2. The minimum Gasteiger partial charge on any atom is -0.368 e. The van der Waals surface area contributed by atoms with E-state index in [0.29, 0.717) is 5.92 Å². The Hall–Kier alpha value is -1.85. The van der Waals surface area contributed by atoms with Gasteiger partial charge in [0.05, 0.1) is 11.7 Å². The number of nitrogens with zero attached hydrogens (tertiary/aromatic N) is 2. The number of amides is 2. The Morgan fingerprint density at radius 1 is 1.42 bits per heavy atom. The number of nitrogens with one attached hydrogen (secondary N) is 1. The van der Waals surface area contributed by atoms with Crippen molar-refractivity contribution in [1.29, 1.82) is 0 Å². The zero-order chi connectivity index (χ0) is 17.3. The van der Waals surface area contributed by atoms with E-state index >= 15 is 0 Å². The Balaban J connectivity index is 1.73. The van der Waals surface area contributed by atoms with Gasteiger partial charge < -0.3 is 11.1 Å². The Morgan fingerprint density at radius 3 is 2.75 bits per heavy atom. The number of fused-ring (bicyclic) bond motifs is 1. The standard InChI is InChI=1S/C18H28N4O2/c1-12(2)9-18(7-4-8-18)17(24)20-14-6-3-5-13-10-22(11-15(19)23)21-16(13)14/h10,12,14H,3-9,11H2,1-2H3,(H2,19,23)(H,20,24). The average molecular weight is 332 g/mol. The second kappa shape index (κ2) is 6.57. The lowest BCUT2D eigenvalue weighted by Gasteiger charge is -2.42. The van der Waals surface area contributed by atoms with Crippen molar-refractivity contribution >= 4 is 11.8 Å². The summed E-state index contributed by atoms with van der Waals surface area (Å²) in [5.74, 6) is 0.304. The summed E-state index contributed by atoms with van der Waals surface area (Å²) < 4.78 is 1.60. The summed E-state index contributed by atoms with van der Waals surface area (Å²) in [5.41, 5.74) is 7.11. The van der Waals surface area contributed by atoms with Gasteiger partial charge in [0.25, 0.3) is 0 Å². The van der Waals surface area contributed by atoms with Crippen LogP contribution >= 0.6 is 0 Å². The third-order valence-corrected chi connectivity index (χ3v) is 5.35. The molecular formula is C18H28N4O2. The number of carbonyl (C=O) groups excluding carboxylic acids is 2. The fourth-order valence-corrected chi connectivity index (χ4v) is 4.20. The van der Waals surface area contributed by atoms with Crippen LogP contribution in [0.4, 0.5) is 0 Å². The lowest BCUT2D eigenvalue weighted by molar-refractivity contribution is -0.138. The van der Waals surface area contributed by atoms with Crippen molar-refractivity contribution in [1.82, 2.24) is 15.1 Å². The number of aryl methyl sites for hydroxylation is 1. The summed E-state index contributed by atoms with van der Waals surface area (Å²) >= 11 is 0. The third kappa shape index (κ3) is 3.32. The van der Waals surface area contributed by atoms with Gasteiger partial charge in [0, 0.05) is 11.6 Å². The molecule has 6 heteroatoms. The van der Waals surface area contributed by atoms with E-state index in [1.54, 1.807) is 4.68 Å². The first-order valence-corrected chi connectivity index (χ1v) is 9.05. The minimum absolute atomic E-state index is 0.0417. The molecule has 2 aliphatic rings. The molecule has 24 heavy (non-hydrogen) atoms. The number of nitrogens with two attached hydrogens (primary N) is 1. The van der Waals surface area contributed by atoms with Gasteiger partial charge in [0.2, 0.25) is 11.8 Å². The Labute approximate surface area is 143 Å². The number of rotatable bonds is 6. The van der Waals surface area contributed by atoms with E-state index in [1.165, 1.54) is 0 Å². The molecule has 0 radical (unpaired) electrons. The predicted octanol–water partition coefficient (Wildman–Crippen LogP) is 2.08. The summed E-state index contributed by atoms with van der Waals surface area (Å²) in [4.78, 5) is 24.0. The van der Waals surface area contributed by atoms with Crippen LogP contribution in [-0.4, -0.2) is 21.6 Å². The molecule has 0 aliphatic heterocycles. The number of hydrogen-bond donors (Lipinski definition) is 2. The molecule has 1 unspecified atom stereocenters. The molecule has 132 valence electrons. The van der Waals surface area contributed by atoms with E-state index < -0.39 is 5.91 Å². The molecule has 3 rings (SSSR count). The van der Waals surface area contributed by atoms with Gasteiger partial charge in [-0.1, -0.05) is 20.3 Å². The highest BCUT2D eigenvalue weighted by Crippen LogP contribution is 2.46. The molecule has 0 aromatic carbocycles. The van der Waals surface area contributed by atoms with Crippen LogP contribution in [0.5, 0.6) is 0 Å². The molecule has 1 aromatic heterocycles. The van der Waals surface area contributed by atoms with Crippen molar-refractivity contribution in [2.45, 2.75) is 71.4 Å². The van der Waals surface area contributed by atoms with Crippen molar-refractivity contribution in [2.24, 2.45) is 17.1 Å². The lowest BCUT2D eigenvalue weighted by atomic mass is 9.64. The van der Waals surface area contributed by atoms with Crippen LogP contribution in [0.1, 0.15) is 69.7 Å². The van der Waals surface area contributed by atoms with E-state index in [1.807, 2.05) is 6.20 Å². The Kier molecular flexibility index (Phi) is 4.65. The Morgan fingerprint density at radius 2 is 2.17 bits per heavy atom. The maximum atomic E-state index is 12.9. The van der Waals surface area contributed by atoms with Gasteiger partial charge >= 0.3 is 0 Å². The third-order valence-electron chi connectivity index (χ3n) is 5.35. The maximum absolute atomic E-state index is 12.9. The van der Waals surface area contributed by atoms with E-state index in [0.717, 1.165) is 56.2 Å². The highest BCUT2D eigenvalue weighted by molar-refractivity contribution is 5.84. The lowest BCUT2D eigenvalue weighted by Crippen LogP contribution is -2.48. The SMILES string of the molecule is CC(C)CC1(C(=O)NC2CCCc3cn(CC(N)=O)nc32)CCC1. The molecule has 0 saturated heterocycles. The maximum Gasteiger partial charge on any atom is 0.239 e. The number of hydrogen-bond acceptors (Lipinski definition) is 3. The molecule has 2 amide bonds. The molecule has 0 spiro atoms. The second-order valence-corrected chi connectivity index (χ2v) is 7.85. The molecule has 0 bridgehead atoms. The summed E-state index contributed by atoms with van der Waals surface area (Å²) in [6.07, 6.45) is 8.85. The van der Waals surface area contributed by atoms with Crippen LogP contribution < -0.4 is 11.1 Å². The van der Waals surface area contributed by atoms with Crippen LogP contribution in [-0.2, 0) is 22.6 Å². The van der Waals surface area contributed by atoms with Gasteiger partial charge in [-0.3, -0.25) is 14.3 Å². The van der Waals surface area contributed by atoms with E-state index in [9.17, 15) is 9.59 Å². The van der Waals surface area contributed by atoms with Crippen molar-refractivity contribution in [3.63, 3.8) is 0 Å². The first kappa shape index (κ1) is 17.0. The second-order valence-electron chi connectivity index (χ2n) is 7.85. The van der Waals surface area contributed by atoms with Crippen molar-refractivity contribution in [3.05, 3.63) is 17.5 Å². The quantitative estimate of drug-likeness (QED) is 0.835. The fraction of sp³-hybridized carbons (Fsp3) is 0.722. The largest absolute Gasteiger partial charge is 0.368 e. The fourth-order valence-electron chi connectivity index (χ4n) is 4.20. The van der Waals surface area contributed by atoms with Crippen LogP contribution in [0.25, 0.3) is 0 Å². The molecule has 1 saturated carbocycles. The normalized spacial score (nSPS) is 21.9. The molecule has 1 heterocycles. The van der Waals surface area contributed by atoms with E-state index in [2.05, 4.69) is 24.3 Å². The number of primary amides is 1. The molecule has 3 N–H and O–H groups in total. The molecular weight excluding hydrogens is 304 g/mol. The molecule has 2 aliphatic carbocycles. The summed E-state index contributed by atoms with van der Waals surface area (Å²) in [5, 5.41) is 7.77. The Bertz CT molecular complexity index is 631. The van der Waals surface area contributed by atoms with E-state index in [4.69, 9.17) is 5.73 Å². The van der Waals surface area contributed by atoms with Crippen LogP contribution in [0.15, 0.2) is 6.20 Å². The van der Waals surface area contributed by atoms with Gasteiger partial charge in [-0.25, -0.2) is 0 Å². The zero-order valence-corrected chi connectivity index (χ0v) is 14.7. The van der Waals surface area contributed by atoms with Crippen molar-refractivity contribution in [2.75, 3.05) is 0 Å². The van der Waals surface area contributed by atoms with Crippen LogP contribution in [0, 0.1) is 11.3 Å². The van der Waals surface area contributed by atoms with Gasteiger partial charge in [-0.15, -0.1) is 0 Å². The highest BCUT2D eigenvalue weighted by atomic mass is 16.2. The van der Waals surface area contributed by atoms with Crippen LogP contribution in [0.2, 0.25) is 0 Å². The zero-order valence-electron chi connectivity index (χ0n) is 14.7. The predicted molar refractivity (Wildman–Crippen MR) is 91.0 cm³/mol. The first-order valence-electron chi connectivity index (χ1n) is 9.05. The average Bonchev–Trinajstić information content (AvgIpc) is 2.85. The molecule has 1 fully saturated rings. The minimum atomic E-state index is -0.402. The van der Waals surface area contributed by atoms with Gasteiger partial charge in [0.1, 0.15) is 6.54 Å².